The van der Waals surface area contributed by atoms with E-state index in [-0.39, 0.29) is 5.69 Å². The quantitative estimate of drug-likeness (QED) is 0.591. The summed E-state index contributed by atoms with van der Waals surface area (Å²) < 4.78 is 2.03. The maximum Gasteiger partial charge on any atom is 0.271 e. The van der Waals surface area contributed by atoms with Gasteiger partial charge in [-0.25, -0.2) is 4.98 Å². The Morgan fingerprint density at radius 2 is 2.35 bits per heavy atom. The molecule has 0 aliphatic rings. The standard InChI is InChI=1S/C13H12N4O2S/c1-9-12(16-5-6-20-13(16)15-9)8-14-10-3-2-4-11(7-10)17(18)19/h2-7,14H,8H2,1H3. The zero-order valence-electron chi connectivity index (χ0n) is 10.7. The summed E-state index contributed by atoms with van der Waals surface area (Å²) in [6.45, 7) is 2.54. The molecule has 1 N–H and O–H groups in total. The fourth-order valence-electron chi connectivity index (χ4n) is 2.07. The normalized spacial score (nSPS) is 10.8. The minimum atomic E-state index is -0.396. The molecule has 0 bridgehead atoms. The number of nitro benzene ring substituents is 1. The van der Waals surface area contributed by atoms with Gasteiger partial charge in [0.05, 0.1) is 22.9 Å². The van der Waals surface area contributed by atoms with Gasteiger partial charge in [0.2, 0.25) is 0 Å². The van der Waals surface area contributed by atoms with Crippen LogP contribution >= 0.6 is 11.3 Å². The summed E-state index contributed by atoms with van der Waals surface area (Å²) in [5.74, 6) is 0. The van der Waals surface area contributed by atoms with E-state index in [1.54, 1.807) is 17.4 Å². The molecule has 2 heterocycles. The monoisotopic (exact) mass is 288 g/mol. The minimum absolute atomic E-state index is 0.0840. The molecule has 20 heavy (non-hydrogen) atoms. The minimum Gasteiger partial charge on any atom is -0.379 e. The van der Waals surface area contributed by atoms with Gasteiger partial charge in [-0.3, -0.25) is 14.5 Å². The highest BCUT2D eigenvalue weighted by Crippen LogP contribution is 2.20. The second-order valence-corrected chi connectivity index (χ2v) is 5.23. The maximum absolute atomic E-state index is 10.7. The number of thiazole rings is 1. The fraction of sp³-hybridized carbons (Fsp3) is 0.154. The SMILES string of the molecule is Cc1nc2sccn2c1CNc1cccc([N+](=O)[O-])c1. The van der Waals surface area contributed by atoms with Gasteiger partial charge in [-0.1, -0.05) is 6.07 Å². The third-order valence-electron chi connectivity index (χ3n) is 3.08. The molecule has 6 nitrogen and oxygen atoms in total. The zero-order chi connectivity index (χ0) is 14.1. The van der Waals surface area contributed by atoms with Crippen LogP contribution in [0.4, 0.5) is 11.4 Å². The van der Waals surface area contributed by atoms with Crippen LogP contribution in [-0.2, 0) is 6.54 Å². The molecule has 3 aromatic rings. The molecule has 1 aromatic carbocycles. The van der Waals surface area contributed by atoms with E-state index < -0.39 is 4.92 Å². The molecule has 0 radical (unpaired) electrons. The number of non-ortho nitro benzene ring substituents is 1. The largest absolute Gasteiger partial charge is 0.379 e. The molecule has 0 aliphatic heterocycles. The van der Waals surface area contributed by atoms with Crippen LogP contribution in [0.3, 0.4) is 0 Å². The number of nitrogens with zero attached hydrogens (tertiary/aromatic N) is 3. The van der Waals surface area contributed by atoms with Crippen molar-refractivity contribution in [3.63, 3.8) is 0 Å². The smallest absolute Gasteiger partial charge is 0.271 e. The Kier molecular flexibility index (Phi) is 3.11. The lowest BCUT2D eigenvalue weighted by molar-refractivity contribution is -0.384. The van der Waals surface area contributed by atoms with E-state index >= 15 is 0 Å². The Morgan fingerprint density at radius 3 is 3.15 bits per heavy atom. The van der Waals surface area contributed by atoms with Crippen LogP contribution in [-0.4, -0.2) is 14.3 Å². The van der Waals surface area contributed by atoms with Crippen LogP contribution in [0.1, 0.15) is 11.4 Å². The van der Waals surface area contributed by atoms with Crippen molar-refractivity contribution in [3.05, 3.63) is 57.3 Å². The topological polar surface area (TPSA) is 72.5 Å². The first-order valence-electron chi connectivity index (χ1n) is 6.04. The number of nitrogens with one attached hydrogen (secondary N) is 1. The summed E-state index contributed by atoms with van der Waals surface area (Å²) >= 11 is 1.59. The van der Waals surface area contributed by atoms with Crippen molar-refractivity contribution in [2.75, 3.05) is 5.32 Å². The third kappa shape index (κ3) is 2.23. The average molecular weight is 288 g/mol. The molecule has 102 valence electrons. The lowest BCUT2D eigenvalue weighted by Crippen LogP contribution is -2.03. The van der Waals surface area contributed by atoms with Gasteiger partial charge in [0.15, 0.2) is 4.96 Å². The first-order chi connectivity index (χ1) is 9.65. The first kappa shape index (κ1) is 12.6. The van der Waals surface area contributed by atoms with Gasteiger partial charge in [0.25, 0.3) is 5.69 Å². The number of imidazole rings is 1. The number of aryl methyl sites for hydroxylation is 1. The number of fused-ring (bicyclic) bond motifs is 1. The molecule has 0 atom stereocenters. The predicted octanol–water partition coefficient (Wildman–Crippen LogP) is 3.22. The maximum atomic E-state index is 10.7. The molecule has 2 aromatic heterocycles. The van der Waals surface area contributed by atoms with Crippen LogP contribution in [0.5, 0.6) is 0 Å². The van der Waals surface area contributed by atoms with Crippen molar-refractivity contribution in [1.29, 1.82) is 0 Å². The van der Waals surface area contributed by atoms with E-state index in [0.29, 0.717) is 6.54 Å². The number of anilines is 1. The Labute approximate surface area is 118 Å². The van der Waals surface area contributed by atoms with E-state index in [2.05, 4.69) is 10.3 Å². The van der Waals surface area contributed by atoms with Crippen LogP contribution in [0.25, 0.3) is 4.96 Å². The summed E-state index contributed by atoms with van der Waals surface area (Å²) in [6.07, 6.45) is 1.98. The van der Waals surface area contributed by atoms with Gasteiger partial charge >= 0.3 is 0 Å². The van der Waals surface area contributed by atoms with Crippen molar-refractivity contribution < 1.29 is 4.92 Å². The summed E-state index contributed by atoms with van der Waals surface area (Å²) in [7, 11) is 0. The van der Waals surface area contributed by atoms with Crippen molar-refractivity contribution in [3.8, 4) is 0 Å². The Hall–Kier alpha value is -2.41. The first-order valence-corrected chi connectivity index (χ1v) is 6.92. The number of aromatic nitrogens is 2. The molecule has 0 unspecified atom stereocenters. The number of nitro groups is 1. The fourth-order valence-corrected chi connectivity index (χ4v) is 2.85. The zero-order valence-corrected chi connectivity index (χ0v) is 11.6. The number of hydrogen-bond acceptors (Lipinski definition) is 5. The Bertz CT molecular complexity index is 778. The van der Waals surface area contributed by atoms with E-state index in [1.807, 2.05) is 29.0 Å². The van der Waals surface area contributed by atoms with Crippen molar-refractivity contribution in [1.82, 2.24) is 9.38 Å². The van der Waals surface area contributed by atoms with Crippen molar-refractivity contribution in [2.24, 2.45) is 0 Å². The Balaban J connectivity index is 1.82. The highest BCUT2D eigenvalue weighted by Gasteiger charge is 2.10. The van der Waals surface area contributed by atoms with Gasteiger partial charge < -0.3 is 5.32 Å². The summed E-state index contributed by atoms with van der Waals surface area (Å²) in [6, 6.07) is 6.49. The number of rotatable bonds is 4. The molecule has 0 spiro atoms. The predicted molar refractivity (Wildman–Crippen MR) is 78.2 cm³/mol. The highest BCUT2D eigenvalue weighted by molar-refractivity contribution is 7.15. The third-order valence-corrected chi connectivity index (χ3v) is 3.83. The second kappa shape index (κ2) is 4.93. The van der Waals surface area contributed by atoms with E-state index in [1.165, 1.54) is 12.1 Å². The highest BCUT2D eigenvalue weighted by atomic mass is 32.1. The summed E-state index contributed by atoms with van der Waals surface area (Å²) in [4.78, 5) is 15.8. The molecule has 0 fully saturated rings. The van der Waals surface area contributed by atoms with Gasteiger partial charge in [0, 0.05) is 29.4 Å². The summed E-state index contributed by atoms with van der Waals surface area (Å²) in [5, 5.41) is 15.9. The van der Waals surface area contributed by atoms with Crippen molar-refractivity contribution in [2.45, 2.75) is 13.5 Å². The average Bonchev–Trinajstić information content (AvgIpc) is 2.97. The Morgan fingerprint density at radius 1 is 1.50 bits per heavy atom. The van der Waals surface area contributed by atoms with E-state index in [4.69, 9.17) is 0 Å². The molecular formula is C13H12N4O2S. The number of benzene rings is 1. The van der Waals surface area contributed by atoms with Crippen LogP contribution < -0.4 is 5.32 Å². The molecule has 0 amide bonds. The molecule has 0 aliphatic carbocycles. The molecule has 0 saturated heterocycles. The summed E-state index contributed by atoms with van der Waals surface area (Å²) in [5.41, 5.74) is 2.84. The molecule has 0 saturated carbocycles. The number of hydrogen-bond donors (Lipinski definition) is 1. The van der Waals surface area contributed by atoms with Gasteiger partial charge in [-0.15, -0.1) is 11.3 Å². The molecule has 3 rings (SSSR count). The van der Waals surface area contributed by atoms with Crippen LogP contribution in [0.15, 0.2) is 35.8 Å². The van der Waals surface area contributed by atoms with Crippen molar-refractivity contribution >= 4 is 27.7 Å². The van der Waals surface area contributed by atoms with Crippen LogP contribution in [0, 0.1) is 17.0 Å². The second-order valence-electron chi connectivity index (χ2n) is 4.36. The van der Waals surface area contributed by atoms with Gasteiger partial charge in [-0.2, -0.15) is 0 Å². The van der Waals surface area contributed by atoms with E-state index in [0.717, 1.165) is 22.0 Å². The lowest BCUT2D eigenvalue weighted by Gasteiger charge is -2.06. The van der Waals surface area contributed by atoms with Gasteiger partial charge in [-0.05, 0) is 13.0 Å². The van der Waals surface area contributed by atoms with Crippen LogP contribution in [0.2, 0.25) is 0 Å². The molecule has 7 heteroatoms. The van der Waals surface area contributed by atoms with E-state index in [9.17, 15) is 10.1 Å². The van der Waals surface area contributed by atoms with Gasteiger partial charge in [0.1, 0.15) is 0 Å². The lowest BCUT2D eigenvalue weighted by atomic mass is 10.2. The molecular weight excluding hydrogens is 276 g/mol.